The van der Waals surface area contributed by atoms with Gasteiger partial charge in [0.15, 0.2) is 0 Å². The van der Waals surface area contributed by atoms with E-state index in [9.17, 15) is 12.8 Å². The number of aromatic nitrogens is 1. The van der Waals surface area contributed by atoms with Gasteiger partial charge in [-0.2, -0.15) is 4.98 Å². The summed E-state index contributed by atoms with van der Waals surface area (Å²) in [7, 11) is -3.81. The second-order valence-electron chi connectivity index (χ2n) is 5.60. The first-order valence-corrected chi connectivity index (χ1v) is 9.98. The Morgan fingerprint density at radius 2 is 1.68 bits per heavy atom. The van der Waals surface area contributed by atoms with Crippen LogP contribution in [0.2, 0.25) is 0 Å². The van der Waals surface area contributed by atoms with Gasteiger partial charge < -0.3 is 4.42 Å². The van der Waals surface area contributed by atoms with Crippen LogP contribution in [-0.2, 0) is 9.84 Å². The zero-order valence-corrected chi connectivity index (χ0v) is 15.3. The van der Waals surface area contributed by atoms with Gasteiger partial charge in [-0.05, 0) is 36.4 Å². The van der Waals surface area contributed by atoms with Crippen molar-refractivity contribution in [3.63, 3.8) is 0 Å². The van der Waals surface area contributed by atoms with Crippen molar-refractivity contribution in [2.45, 2.75) is 34.1 Å². The Morgan fingerprint density at radius 3 is 2.28 bits per heavy atom. The molecule has 4 nitrogen and oxygen atoms in total. The summed E-state index contributed by atoms with van der Waals surface area (Å²) < 4.78 is 44.7. The Balaban J connectivity index is 2.13. The molecular weight excluding hydrogens is 361 g/mol. The quantitative estimate of drug-likeness (QED) is 0.597. The van der Waals surface area contributed by atoms with Crippen LogP contribution >= 0.6 is 11.8 Å². The molecule has 0 saturated carbocycles. The molecule has 3 rings (SSSR count). The maximum absolute atomic E-state index is 13.1. The van der Waals surface area contributed by atoms with E-state index in [1.807, 2.05) is 13.8 Å². The normalized spacial score (nSPS) is 11.8. The second kappa shape index (κ2) is 7.01. The average Bonchev–Trinajstić information content (AvgIpc) is 3.00. The number of sulfone groups is 1. The van der Waals surface area contributed by atoms with Gasteiger partial charge in [-0.1, -0.05) is 43.8 Å². The molecule has 0 N–H and O–H groups in total. The molecule has 3 aromatic rings. The monoisotopic (exact) mass is 377 g/mol. The standard InChI is InChI=1S/C18H16FNO3S2/c1-12(2)24-18-17(25(21,22)15-6-4-3-5-7-15)20-16(23-18)13-8-10-14(19)11-9-13/h3-12H,1-2H3. The summed E-state index contributed by atoms with van der Waals surface area (Å²) in [5.41, 5.74) is 0.515. The van der Waals surface area contributed by atoms with Crippen LogP contribution < -0.4 is 0 Å². The Hall–Kier alpha value is -2.12. The third kappa shape index (κ3) is 3.77. The van der Waals surface area contributed by atoms with Gasteiger partial charge in [-0.15, -0.1) is 0 Å². The number of halogens is 1. The van der Waals surface area contributed by atoms with Crippen molar-refractivity contribution in [3.8, 4) is 11.5 Å². The lowest BCUT2D eigenvalue weighted by atomic mass is 10.2. The largest absolute Gasteiger partial charge is 0.428 e. The van der Waals surface area contributed by atoms with E-state index in [0.29, 0.717) is 5.56 Å². The molecule has 1 heterocycles. The van der Waals surface area contributed by atoms with Crippen LogP contribution in [0.3, 0.4) is 0 Å². The molecule has 25 heavy (non-hydrogen) atoms. The predicted molar refractivity (Wildman–Crippen MR) is 94.8 cm³/mol. The number of hydrogen-bond acceptors (Lipinski definition) is 5. The number of benzene rings is 2. The van der Waals surface area contributed by atoms with Crippen molar-refractivity contribution >= 4 is 21.6 Å². The lowest BCUT2D eigenvalue weighted by Crippen LogP contribution is -2.04. The van der Waals surface area contributed by atoms with Gasteiger partial charge in [0.1, 0.15) is 5.82 Å². The Bertz CT molecular complexity index is 965. The summed E-state index contributed by atoms with van der Waals surface area (Å²) in [6.45, 7) is 3.87. The molecule has 0 saturated heterocycles. The molecule has 0 unspecified atom stereocenters. The molecule has 0 amide bonds. The SMILES string of the molecule is CC(C)Sc1oc(-c2ccc(F)cc2)nc1S(=O)(=O)c1ccccc1. The molecule has 0 aliphatic heterocycles. The van der Waals surface area contributed by atoms with E-state index < -0.39 is 9.84 Å². The van der Waals surface area contributed by atoms with E-state index >= 15 is 0 Å². The maximum atomic E-state index is 13.1. The van der Waals surface area contributed by atoms with Crippen LogP contribution in [0, 0.1) is 5.82 Å². The van der Waals surface area contributed by atoms with Crippen molar-refractivity contribution in [2.75, 3.05) is 0 Å². The first-order chi connectivity index (χ1) is 11.9. The fourth-order valence-electron chi connectivity index (χ4n) is 2.18. The molecule has 0 spiro atoms. The van der Waals surface area contributed by atoms with E-state index in [0.717, 1.165) is 0 Å². The Kier molecular flexibility index (Phi) is 4.96. The van der Waals surface area contributed by atoms with Gasteiger partial charge >= 0.3 is 0 Å². The zero-order chi connectivity index (χ0) is 18.0. The second-order valence-corrected chi connectivity index (χ2v) is 9.02. The lowest BCUT2D eigenvalue weighted by Gasteiger charge is -2.04. The first kappa shape index (κ1) is 17.7. The van der Waals surface area contributed by atoms with E-state index in [4.69, 9.17) is 4.42 Å². The number of hydrogen-bond donors (Lipinski definition) is 0. The topological polar surface area (TPSA) is 60.2 Å². The fraction of sp³-hybridized carbons (Fsp3) is 0.167. The first-order valence-electron chi connectivity index (χ1n) is 7.61. The van der Waals surface area contributed by atoms with Crippen molar-refractivity contribution in [3.05, 3.63) is 60.4 Å². The highest BCUT2D eigenvalue weighted by Gasteiger charge is 2.29. The smallest absolute Gasteiger partial charge is 0.228 e. The molecule has 0 bridgehead atoms. The molecule has 0 radical (unpaired) electrons. The highest BCUT2D eigenvalue weighted by molar-refractivity contribution is 8.00. The molecule has 7 heteroatoms. The third-order valence-electron chi connectivity index (χ3n) is 3.31. The summed E-state index contributed by atoms with van der Waals surface area (Å²) in [6, 6.07) is 13.7. The minimum absolute atomic E-state index is 0.110. The predicted octanol–water partition coefficient (Wildman–Crippen LogP) is 4.81. The van der Waals surface area contributed by atoms with Crippen LogP contribution in [0.1, 0.15) is 13.8 Å². The highest BCUT2D eigenvalue weighted by atomic mass is 32.2. The van der Waals surface area contributed by atoms with Crippen LogP contribution in [0.15, 0.2) is 74.0 Å². The summed E-state index contributed by atoms with van der Waals surface area (Å²) in [4.78, 5) is 4.37. The Labute approximate surface area is 150 Å². The fourth-order valence-corrected chi connectivity index (χ4v) is 4.56. The van der Waals surface area contributed by atoms with E-state index in [2.05, 4.69) is 4.98 Å². The van der Waals surface area contributed by atoms with Crippen molar-refractivity contribution in [2.24, 2.45) is 0 Å². The molecule has 0 aliphatic carbocycles. The summed E-state index contributed by atoms with van der Waals surface area (Å²) in [6.07, 6.45) is 0. The number of nitrogens with zero attached hydrogens (tertiary/aromatic N) is 1. The number of rotatable bonds is 5. The van der Waals surface area contributed by atoms with Gasteiger partial charge in [-0.25, -0.2) is 12.8 Å². The molecule has 2 aromatic carbocycles. The molecule has 1 aromatic heterocycles. The molecular formula is C18H16FNO3S2. The van der Waals surface area contributed by atoms with Crippen molar-refractivity contribution in [1.29, 1.82) is 0 Å². The molecule has 0 aliphatic rings. The van der Waals surface area contributed by atoms with Gasteiger partial charge in [0.25, 0.3) is 0 Å². The van der Waals surface area contributed by atoms with Crippen LogP contribution in [0.5, 0.6) is 0 Å². The van der Waals surface area contributed by atoms with Crippen LogP contribution in [0.4, 0.5) is 4.39 Å². The molecule has 130 valence electrons. The zero-order valence-electron chi connectivity index (χ0n) is 13.6. The summed E-state index contributed by atoms with van der Waals surface area (Å²) in [5.74, 6) is -0.234. The average molecular weight is 377 g/mol. The minimum atomic E-state index is -3.81. The van der Waals surface area contributed by atoms with Gasteiger partial charge in [0.2, 0.25) is 25.8 Å². The van der Waals surface area contributed by atoms with Crippen LogP contribution in [0.25, 0.3) is 11.5 Å². The van der Waals surface area contributed by atoms with E-state index in [-0.39, 0.29) is 32.0 Å². The maximum Gasteiger partial charge on any atom is 0.228 e. The van der Waals surface area contributed by atoms with Crippen molar-refractivity contribution < 1.29 is 17.2 Å². The number of thioether (sulfide) groups is 1. The summed E-state index contributed by atoms with van der Waals surface area (Å²) in [5, 5.41) is 0.230. The number of oxazole rings is 1. The molecule has 0 atom stereocenters. The Morgan fingerprint density at radius 1 is 1.04 bits per heavy atom. The van der Waals surface area contributed by atoms with Gasteiger partial charge in [0.05, 0.1) is 4.90 Å². The highest BCUT2D eigenvalue weighted by Crippen LogP contribution is 2.36. The molecule has 0 fully saturated rings. The summed E-state index contributed by atoms with van der Waals surface area (Å²) >= 11 is 1.28. The van der Waals surface area contributed by atoms with E-state index in [1.54, 1.807) is 18.2 Å². The minimum Gasteiger partial charge on any atom is -0.428 e. The third-order valence-corrected chi connectivity index (χ3v) is 6.08. The van der Waals surface area contributed by atoms with Gasteiger partial charge in [-0.3, -0.25) is 0 Å². The van der Waals surface area contributed by atoms with E-state index in [1.165, 1.54) is 48.2 Å². The van der Waals surface area contributed by atoms with Gasteiger partial charge in [0, 0.05) is 10.8 Å². The van der Waals surface area contributed by atoms with Crippen LogP contribution in [-0.4, -0.2) is 18.7 Å². The van der Waals surface area contributed by atoms with Crippen molar-refractivity contribution in [1.82, 2.24) is 4.98 Å². The lowest BCUT2D eigenvalue weighted by molar-refractivity contribution is 0.469.